The molecule has 1 atom stereocenters. The summed E-state index contributed by atoms with van der Waals surface area (Å²) in [5, 5.41) is 5.93. The molecule has 0 heterocycles. The van der Waals surface area contributed by atoms with E-state index in [1.54, 1.807) is 30.3 Å². The lowest BCUT2D eigenvalue weighted by Gasteiger charge is -2.17. The highest BCUT2D eigenvalue weighted by Crippen LogP contribution is 2.30. The molecule has 0 fully saturated rings. The van der Waals surface area contributed by atoms with Gasteiger partial charge in [-0.15, -0.1) is 4.91 Å². The zero-order valence-corrected chi connectivity index (χ0v) is 15.7. The molecule has 1 amide bonds. The maximum absolute atomic E-state index is 11.6. The number of hydrogen-bond acceptors (Lipinski definition) is 6. The molecule has 0 aliphatic heterocycles. The van der Waals surface area contributed by atoms with Crippen LogP contribution >= 0.6 is 11.6 Å². The predicted octanol–water partition coefficient (Wildman–Crippen LogP) is 3.96. The Labute approximate surface area is 156 Å². The third-order valence-electron chi connectivity index (χ3n) is 3.43. The van der Waals surface area contributed by atoms with Crippen molar-refractivity contribution in [2.75, 3.05) is 11.6 Å². The second kappa shape index (κ2) is 8.39. The Morgan fingerprint density at radius 2 is 1.88 bits per heavy atom. The summed E-state index contributed by atoms with van der Waals surface area (Å²) in [6.07, 6.45) is 0.347. The van der Waals surface area contributed by atoms with Gasteiger partial charge in [-0.2, -0.15) is 8.42 Å². The van der Waals surface area contributed by atoms with Gasteiger partial charge in [0.1, 0.15) is 11.8 Å². The minimum Gasteiger partial charge on any atom is -0.324 e. The maximum atomic E-state index is 11.6. The fraction of sp³-hybridized carbons (Fsp3) is 0.235. The van der Waals surface area contributed by atoms with E-state index in [4.69, 9.17) is 15.8 Å². The number of nitrogens with one attached hydrogen (secondary N) is 1. The maximum Gasteiger partial charge on any atom is 0.264 e. The molecule has 0 radical (unpaired) electrons. The van der Waals surface area contributed by atoms with Gasteiger partial charge in [-0.1, -0.05) is 29.8 Å². The molecular formula is C17H17ClN2O5S. The van der Waals surface area contributed by atoms with Gasteiger partial charge in [-0.05, 0) is 40.6 Å². The summed E-state index contributed by atoms with van der Waals surface area (Å²) in [7, 11) is -3.72. The number of amides is 1. The summed E-state index contributed by atoms with van der Waals surface area (Å²) < 4.78 is 28.4. The molecule has 0 bridgehead atoms. The predicted molar refractivity (Wildman–Crippen MR) is 100 cm³/mol. The lowest BCUT2D eigenvalue weighted by molar-refractivity contribution is -0.114. The van der Waals surface area contributed by atoms with E-state index in [9.17, 15) is 18.1 Å². The van der Waals surface area contributed by atoms with Crippen LogP contribution in [0.25, 0.3) is 0 Å². The largest absolute Gasteiger partial charge is 0.324 e. The van der Waals surface area contributed by atoms with E-state index in [0.717, 1.165) is 6.26 Å². The van der Waals surface area contributed by atoms with E-state index in [1.807, 2.05) is 0 Å². The first-order valence-corrected chi connectivity index (χ1v) is 9.75. The summed E-state index contributed by atoms with van der Waals surface area (Å²) in [5.41, 5.74) is 1.57. The number of hydrogen-bond donors (Lipinski definition) is 1. The van der Waals surface area contributed by atoms with Crippen LogP contribution in [-0.2, 0) is 25.5 Å². The molecule has 0 aromatic heterocycles. The molecule has 26 heavy (non-hydrogen) atoms. The van der Waals surface area contributed by atoms with Crippen molar-refractivity contribution in [3.05, 3.63) is 63.5 Å². The first-order chi connectivity index (χ1) is 12.2. The third-order valence-corrected chi connectivity index (χ3v) is 4.26. The second-order valence-electron chi connectivity index (χ2n) is 5.67. The fourth-order valence-electron chi connectivity index (χ4n) is 2.38. The molecule has 0 saturated carbocycles. The number of halogens is 1. The molecule has 0 aliphatic carbocycles. The first-order valence-electron chi connectivity index (χ1n) is 7.55. The van der Waals surface area contributed by atoms with Gasteiger partial charge in [0.15, 0.2) is 0 Å². The summed E-state index contributed by atoms with van der Waals surface area (Å²) in [5.74, 6) is -0.331. The SMILES string of the molecule is CC(=O)Nc1ccc(CC(OS(C)(=O)=O)c2ccc(Cl)cc2)cc1N=O. The average molecular weight is 397 g/mol. The molecule has 138 valence electrons. The molecular weight excluding hydrogens is 380 g/mol. The summed E-state index contributed by atoms with van der Waals surface area (Å²) in [6.45, 7) is 1.32. The van der Waals surface area contributed by atoms with Gasteiger partial charge >= 0.3 is 0 Å². The first kappa shape index (κ1) is 20.0. The minimum absolute atomic E-state index is 0.0481. The Balaban J connectivity index is 2.34. The van der Waals surface area contributed by atoms with Crippen LogP contribution in [0.1, 0.15) is 24.2 Å². The summed E-state index contributed by atoms with van der Waals surface area (Å²) >= 11 is 5.87. The van der Waals surface area contributed by atoms with Gasteiger partial charge in [-0.3, -0.25) is 8.98 Å². The topological polar surface area (TPSA) is 102 Å². The van der Waals surface area contributed by atoms with E-state index in [-0.39, 0.29) is 23.7 Å². The fourth-order valence-corrected chi connectivity index (χ4v) is 3.11. The summed E-state index contributed by atoms with van der Waals surface area (Å²) in [4.78, 5) is 22.2. The highest BCUT2D eigenvalue weighted by atomic mass is 35.5. The quantitative estimate of drug-likeness (QED) is 0.563. The van der Waals surface area contributed by atoms with Crippen molar-refractivity contribution in [2.45, 2.75) is 19.4 Å². The van der Waals surface area contributed by atoms with Crippen molar-refractivity contribution in [1.29, 1.82) is 0 Å². The van der Waals surface area contributed by atoms with Gasteiger partial charge in [0, 0.05) is 18.4 Å². The highest BCUT2D eigenvalue weighted by Gasteiger charge is 2.19. The molecule has 0 spiro atoms. The van der Waals surface area contributed by atoms with Crippen molar-refractivity contribution in [2.24, 2.45) is 5.18 Å². The van der Waals surface area contributed by atoms with Crippen LogP contribution in [0.4, 0.5) is 11.4 Å². The monoisotopic (exact) mass is 396 g/mol. The Morgan fingerprint density at radius 1 is 1.23 bits per heavy atom. The number of anilines is 1. The smallest absolute Gasteiger partial charge is 0.264 e. The molecule has 7 nitrogen and oxygen atoms in total. The van der Waals surface area contributed by atoms with Crippen molar-refractivity contribution >= 4 is 39.0 Å². The number of benzene rings is 2. The number of carbonyl (C=O) groups excluding carboxylic acids is 1. The van der Waals surface area contributed by atoms with Crippen LogP contribution in [0.5, 0.6) is 0 Å². The van der Waals surface area contributed by atoms with Gasteiger partial charge in [0.2, 0.25) is 5.91 Å². The van der Waals surface area contributed by atoms with Gasteiger partial charge in [0.05, 0.1) is 11.9 Å². The minimum atomic E-state index is -3.72. The lowest BCUT2D eigenvalue weighted by Crippen LogP contribution is -2.13. The van der Waals surface area contributed by atoms with Crippen LogP contribution < -0.4 is 5.32 Å². The normalized spacial score (nSPS) is 12.4. The number of nitrogens with zero attached hydrogens (tertiary/aromatic N) is 1. The standard InChI is InChI=1S/C17H17ClN2O5S/c1-11(21)19-15-8-3-12(9-16(15)20-22)10-17(25-26(2,23)24)13-4-6-14(18)7-5-13/h3-9,17H,10H2,1-2H3,(H,19,21). The van der Waals surface area contributed by atoms with Crippen LogP contribution in [-0.4, -0.2) is 20.6 Å². The van der Waals surface area contributed by atoms with E-state index in [2.05, 4.69) is 10.5 Å². The van der Waals surface area contributed by atoms with Crippen LogP contribution in [0.15, 0.2) is 47.6 Å². The van der Waals surface area contributed by atoms with E-state index in [1.165, 1.54) is 19.1 Å². The van der Waals surface area contributed by atoms with Crippen molar-refractivity contribution in [3.8, 4) is 0 Å². The van der Waals surface area contributed by atoms with E-state index < -0.39 is 16.2 Å². The van der Waals surface area contributed by atoms with Crippen molar-refractivity contribution in [3.63, 3.8) is 0 Å². The van der Waals surface area contributed by atoms with Crippen molar-refractivity contribution in [1.82, 2.24) is 0 Å². The molecule has 0 saturated heterocycles. The third kappa shape index (κ3) is 5.91. The Bertz CT molecular complexity index is 913. The zero-order valence-electron chi connectivity index (χ0n) is 14.1. The number of carbonyl (C=O) groups is 1. The number of rotatable bonds is 7. The van der Waals surface area contributed by atoms with Crippen molar-refractivity contribution < 1.29 is 17.4 Å². The Hall–Kier alpha value is -2.29. The molecule has 2 rings (SSSR count). The molecule has 2 aromatic carbocycles. The zero-order chi connectivity index (χ0) is 19.3. The molecule has 0 aliphatic rings. The highest BCUT2D eigenvalue weighted by molar-refractivity contribution is 7.86. The van der Waals surface area contributed by atoms with Crippen LogP contribution in [0.2, 0.25) is 5.02 Å². The number of nitroso groups, excluding NO2 is 1. The van der Waals surface area contributed by atoms with E-state index in [0.29, 0.717) is 16.1 Å². The van der Waals surface area contributed by atoms with Crippen LogP contribution in [0.3, 0.4) is 0 Å². The average Bonchev–Trinajstić information content (AvgIpc) is 2.54. The lowest BCUT2D eigenvalue weighted by atomic mass is 10.0. The van der Waals surface area contributed by atoms with Gasteiger partial charge < -0.3 is 5.32 Å². The van der Waals surface area contributed by atoms with E-state index >= 15 is 0 Å². The van der Waals surface area contributed by atoms with Gasteiger partial charge in [-0.25, -0.2) is 0 Å². The Kier molecular flexibility index (Phi) is 6.47. The molecule has 1 N–H and O–H groups in total. The molecule has 9 heteroatoms. The second-order valence-corrected chi connectivity index (χ2v) is 7.71. The van der Waals surface area contributed by atoms with Crippen LogP contribution in [0, 0.1) is 4.91 Å². The van der Waals surface area contributed by atoms with Gasteiger partial charge in [0.25, 0.3) is 10.1 Å². The summed E-state index contributed by atoms with van der Waals surface area (Å²) in [6, 6.07) is 11.3. The molecule has 1 unspecified atom stereocenters. The Morgan fingerprint density at radius 3 is 2.42 bits per heavy atom. The molecule has 2 aromatic rings.